The van der Waals surface area contributed by atoms with Gasteiger partial charge in [-0.3, -0.25) is 14.4 Å². The highest BCUT2D eigenvalue weighted by atomic mass is 16.2. The second kappa shape index (κ2) is 9.67. The fraction of sp³-hybridized carbons (Fsp3) is 0.471. The van der Waals surface area contributed by atoms with E-state index in [1.165, 1.54) is 0 Å². The minimum absolute atomic E-state index is 0.0145. The Bertz CT molecular complexity index is 587. The van der Waals surface area contributed by atoms with E-state index in [2.05, 4.69) is 16.0 Å². The largest absolute Gasteiger partial charge is 0.355 e. The zero-order valence-corrected chi connectivity index (χ0v) is 14.4. The van der Waals surface area contributed by atoms with E-state index in [1.807, 2.05) is 19.9 Å². The van der Waals surface area contributed by atoms with Crippen LogP contribution in [-0.4, -0.2) is 43.9 Å². The SMILES string of the molecule is CNC(=O)c1cccc(CCNC(=O)CNC(=O)[C@@H](N)C(C)C)c1. The maximum absolute atomic E-state index is 11.7. The molecule has 0 saturated carbocycles. The Labute approximate surface area is 142 Å². The van der Waals surface area contributed by atoms with Crippen molar-refractivity contribution in [3.63, 3.8) is 0 Å². The van der Waals surface area contributed by atoms with Gasteiger partial charge in [0.25, 0.3) is 5.91 Å². The molecular formula is C17H26N4O3. The lowest BCUT2D eigenvalue weighted by atomic mass is 10.1. The van der Waals surface area contributed by atoms with Crippen LogP contribution in [0.15, 0.2) is 24.3 Å². The first-order chi connectivity index (χ1) is 11.3. The highest BCUT2D eigenvalue weighted by Crippen LogP contribution is 2.05. The van der Waals surface area contributed by atoms with Crippen LogP contribution in [0.5, 0.6) is 0 Å². The second-order valence-electron chi connectivity index (χ2n) is 5.87. The quantitative estimate of drug-likeness (QED) is 0.527. The Kier molecular flexibility index (Phi) is 7.91. The molecule has 5 N–H and O–H groups in total. The number of amides is 3. The fourth-order valence-corrected chi connectivity index (χ4v) is 2.01. The van der Waals surface area contributed by atoms with Crippen LogP contribution in [0.25, 0.3) is 0 Å². The van der Waals surface area contributed by atoms with E-state index >= 15 is 0 Å². The maximum atomic E-state index is 11.7. The van der Waals surface area contributed by atoms with E-state index in [0.717, 1.165) is 5.56 Å². The van der Waals surface area contributed by atoms with Crippen molar-refractivity contribution in [1.29, 1.82) is 0 Å². The summed E-state index contributed by atoms with van der Waals surface area (Å²) in [5.74, 6) is -0.745. The first kappa shape index (κ1) is 19.6. The molecule has 0 bridgehead atoms. The van der Waals surface area contributed by atoms with E-state index in [-0.39, 0.29) is 30.2 Å². The van der Waals surface area contributed by atoms with Gasteiger partial charge in [0.05, 0.1) is 12.6 Å². The Morgan fingerprint density at radius 2 is 1.88 bits per heavy atom. The zero-order chi connectivity index (χ0) is 18.1. The lowest BCUT2D eigenvalue weighted by Gasteiger charge is -2.15. The molecule has 0 radical (unpaired) electrons. The van der Waals surface area contributed by atoms with Crippen LogP contribution in [0.1, 0.15) is 29.8 Å². The predicted octanol–water partition coefficient (Wildman–Crippen LogP) is -0.196. The topological polar surface area (TPSA) is 113 Å². The van der Waals surface area contributed by atoms with Crippen molar-refractivity contribution in [1.82, 2.24) is 16.0 Å². The average molecular weight is 334 g/mol. The van der Waals surface area contributed by atoms with Gasteiger partial charge in [0, 0.05) is 19.2 Å². The summed E-state index contributed by atoms with van der Waals surface area (Å²) in [6.45, 7) is 4.01. The summed E-state index contributed by atoms with van der Waals surface area (Å²) in [5, 5.41) is 7.81. The summed E-state index contributed by atoms with van der Waals surface area (Å²) in [6.07, 6.45) is 0.593. The number of carbonyl (C=O) groups is 3. The number of nitrogens with one attached hydrogen (secondary N) is 3. The monoisotopic (exact) mass is 334 g/mol. The number of rotatable bonds is 8. The number of benzene rings is 1. The van der Waals surface area contributed by atoms with Crippen molar-refractivity contribution >= 4 is 17.7 Å². The minimum Gasteiger partial charge on any atom is -0.355 e. The molecular weight excluding hydrogens is 308 g/mol. The number of nitrogens with two attached hydrogens (primary N) is 1. The molecule has 1 rings (SSSR count). The van der Waals surface area contributed by atoms with Gasteiger partial charge in [-0.05, 0) is 30.0 Å². The Morgan fingerprint density at radius 1 is 1.17 bits per heavy atom. The van der Waals surface area contributed by atoms with Crippen molar-refractivity contribution in [2.75, 3.05) is 20.1 Å². The summed E-state index contributed by atoms with van der Waals surface area (Å²) in [6, 6.07) is 6.59. The molecule has 0 fully saturated rings. The first-order valence-corrected chi connectivity index (χ1v) is 7.96. The van der Waals surface area contributed by atoms with Crippen LogP contribution in [0.3, 0.4) is 0 Å². The Balaban J connectivity index is 2.36. The lowest BCUT2D eigenvalue weighted by Crippen LogP contribution is -2.47. The molecule has 0 aliphatic rings. The first-order valence-electron chi connectivity index (χ1n) is 7.96. The summed E-state index contributed by atoms with van der Waals surface area (Å²) in [5.41, 5.74) is 7.22. The third kappa shape index (κ3) is 6.37. The van der Waals surface area contributed by atoms with E-state index in [1.54, 1.807) is 25.2 Å². The van der Waals surface area contributed by atoms with Gasteiger partial charge in [-0.1, -0.05) is 26.0 Å². The molecule has 24 heavy (non-hydrogen) atoms. The van der Waals surface area contributed by atoms with E-state index in [4.69, 9.17) is 5.73 Å². The highest BCUT2D eigenvalue weighted by Gasteiger charge is 2.17. The number of hydrogen-bond donors (Lipinski definition) is 4. The van der Waals surface area contributed by atoms with Gasteiger partial charge < -0.3 is 21.7 Å². The van der Waals surface area contributed by atoms with Gasteiger partial charge in [0.15, 0.2) is 0 Å². The van der Waals surface area contributed by atoms with Gasteiger partial charge in [-0.2, -0.15) is 0 Å². The molecule has 3 amide bonds. The van der Waals surface area contributed by atoms with Gasteiger partial charge in [0.1, 0.15) is 0 Å². The molecule has 0 saturated heterocycles. The highest BCUT2D eigenvalue weighted by molar-refractivity contribution is 5.94. The molecule has 7 nitrogen and oxygen atoms in total. The molecule has 1 aromatic carbocycles. The maximum Gasteiger partial charge on any atom is 0.251 e. The molecule has 0 aromatic heterocycles. The molecule has 1 aromatic rings. The van der Waals surface area contributed by atoms with Crippen LogP contribution >= 0.6 is 0 Å². The molecule has 0 spiro atoms. The van der Waals surface area contributed by atoms with E-state index in [9.17, 15) is 14.4 Å². The number of carbonyl (C=O) groups excluding carboxylic acids is 3. The van der Waals surface area contributed by atoms with Crippen molar-refractivity contribution in [2.24, 2.45) is 11.7 Å². The van der Waals surface area contributed by atoms with Crippen molar-refractivity contribution in [3.8, 4) is 0 Å². The lowest BCUT2D eigenvalue weighted by molar-refractivity contribution is -0.127. The third-order valence-electron chi connectivity index (χ3n) is 3.60. The van der Waals surface area contributed by atoms with Gasteiger partial charge in [-0.15, -0.1) is 0 Å². The summed E-state index contributed by atoms with van der Waals surface area (Å²) >= 11 is 0. The standard InChI is InChI=1S/C17H26N4O3/c1-11(2)15(18)17(24)21-10-14(22)20-8-7-12-5-4-6-13(9-12)16(23)19-3/h4-6,9,11,15H,7-8,10,18H2,1-3H3,(H,19,23)(H,20,22)(H,21,24)/t15-/m0/s1. The van der Waals surface area contributed by atoms with Crippen LogP contribution in [-0.2, 0) is 16.0 Å². The molecule has 0 heterocycles. The predicted molar refractivity (Wildman–Crippen MR) is 92.4 cm³/mol. The fourth-order valence-electron chi connectivity index (χ4n) is 2.01. The summed E-state index contributed by atoms with van der Waals surface area (Å²) in [7, 11) is 1.58. The normalized spacial score (nSPS) is 11.7. The molecule has 7 heteroatoms. The smallest absolute Gasteiger partial charge is 0.251 e. The molecule has 0 aliphatic heterocycles. The number of hydrogen-bond acceptors (Lipinski definition) is 4. The van der Waals surface area contributed by atoms with Crippen LogP contribution in [0.4, 0.5) is 0 Å². The summed E-state index contributed by atoms with van der Waals surface area (Å²) in [4.78, 5) is 34.9. The minimum atomic E-state index is -0.620. The zero-order valence-electron chi connectivity index (χ0n) is 14.4. The van der Waals surface area contributed by atoms with Gasteiger partial charge >= 0.3 is 0 Å². The summed E-state index contributed by atoms with van der Waals surface area (Å²) < 4.78 is 0. The van der Waals surface area contributed by atoms with Crippen molar-refractivity contribution < 1.29 is 14.4 Å². The van der Waals surface area contributed by atoms with Crippen molar-refractivity contribution in [3.05, 3.63) is 35.4 Å². The van der Waals surface area contributed by atoms with E-state index in [0.29, 0.717) is 18.5 Å². The molecule has 0 aliphatic carbocycles. The van der Waals surface area contributed by atoms with Crippen LogP contribution in [0, 0.1) is 5.92 Å². The van der Waals surface area contributed by atoms with Gasteiger partial charge in [0.2, 0.25) is 11.8 Å². The van der Waals surface area contributed by atoms with Gasteiger partial charge in [-0.25, -0.2) is 0 Å². The molecule has 132 valence electrons. The Morgan fingerprint density at radius 3 is 2.50 bits per heavy atom. The molecule has 0 unspecified atom stereocenters. The van der Waals surface area contributed by atoms with Crippen molar-refractivity contribution in [2.45, 2.75) is 26.3 Å². The van der Waals surface area contributed by atoms with Crippen LogP contribution < -0.4 is 21.7 Å². The van der Waals surface area contributed by atoms with Crippen LogP contribution in [0.2, 0.25) is 0 Å². The molecule has 1 atom stereocenters. The second-order valence-corrected chi connectivity index (χ2v) is 5.87. The van der Waals surface area contributed by atoms with E-state index < -0.39 is 6.04 Å². The Hall–Kier alpha value is -2.41. The third-order valence-corrected chi connectivity index (χ3v) is 3.60. The average Bonchev–Trinajstić information content (AvgIpc) is 2.58.